The number of benzene rings is 1. The van der Waals surface area contributed by atoms with E-state index in [0.29, 0.717) is 17.1 Å². The Morgan fingerprint density at radius 1 is 1.20 bits per heavy atom. The highest BCUT2D eigenvalue weighted by atomic mass is 19.4. The maximum atomic E-state index is 12.7. The molecule has 0 heterocycles. The van der Waals surface area contributed by atoms with Gasteiger partial charge in [0.2, 0.25) is 0 Å². The van der Waals surface area contributed by atoms with Gasteiger partial charge < -0.3 is 5.73 Å². The monoisotopic (exact) mass is 284 g/mol. The molecule has 2 N–H and O–H groups in total. The molecular formula is C15H19F3N2. The van der Waals surface area contributed by atoms with Crippen LogP contribution in [0.2, 0.25) is 0 Å². The molecule has 1 aliphatic rings. The summed E-state index contributed by atoms with van der Waals surface area (Å²) >= 11 is 0. The molecule has 20 heavy (non-hydrogen) atoms. The van der Waals surface area contributed by atoms with Gasteiger partial charge in [0.15, 0.2) is 0 Å². The molecule has 0 saturated heterocycles. The van der Waals surface area contributed by atoms with E-state index in [4.69, 9.17) is 5.73 Å². The van der Waals surface area contributed by atoms with Crippen molar-refractivity contribution in [2.75, 3.05) is 0 Å². The molecule has 0 spiro atoms. The van der Waals surface area contributed by atoms with Crippen molar-refractivity contribution in [3.05, 3.63) is 29.3 Å². The van der Waals surface area contributed by atoms with Crippen LogP contribution in [0.5, 0.6) is 0 Å². The van der Waals surface area contributed by atoms with Gasteiger partial charge >= 0.3 is 6.18 Å². The second kappa shape index (κ2) is 5.85. The van der Waals surface area contributed by atoms with Gasteiger partial charge in [-0.05, 0) is 37.5 Å². The molecule has 1 fully saturated rings. The summed E-state index contributed by atoms with van der Waals surface area (Å²) in [6.45, 7) is 1.74. The fourth-order valence-electron chi connectivity index (χ4n) is 2.53. The van der Waals surface area contributed by atoms with Crippen molar-refractivity contribution in [3.8, 4) is 0 Å². The van der Waals surface area contributed by atoms with E-state index in [9.17, 15) is 13.2 Å². The minimum Gasteiger partial charge on any atom is -0.387 e. The Morgan fingerprint density at radius 3 is 2.45 bits per heavy atom. The van der Waals surface area contributed by atoms with E-state index >= 15 is 0 Å². The van der Waals surface area contributed by atoms with E-state index in [2.05, 4.69) is 4.99 Å². The zero-order valence-corrected chi connectivity index (χ0v) is 11.5. The Kier molecular flexibility index (Phi) is 4.35. The van der Waals surface area contributed by atoms with Crippen LogP contribution in [-0.4, -0.2) is 5.84 Å². The van der Waals surface area contributed by atoms with Gasteiger partial charge in [-0.25, -0.2) is 4.99 Å². The predicted octanol–water partition coefficient (Wildman–Crippen LogP) is 4.58. The molecule has 0 atom stereocenters. The molecule has 0 bridgehead atoms. The van der Waals surface area contributed by atoms with Gasteiger partial charge in [-0.3, -0.25) is 0 Å². The zero-order valence-electron chi connectivity index (χ0n) is 11.5. The van der Waals surface area contributed by atoms with Gasteiger partial charge in [0.1, 0.15) is 5.84 Å². The van der Waals surface area contributed by atoms with Crippen LogP contribution in [0, 0.1) is 12.8 Å². The molecule has 1 aromatic rings. The minimum atomic E-state index is -4.35. The van der Waals surface area contributed by atoms with E-state index in [0.717, 1.165) is 37.8 Å². The lowest BCUT2D eigenvalue weighted by Crippen LogP contribution is -2.25. The van der Waals surface area contributed by atoms with Crippen molar-refractivity contribution in [3.63, 3.8) is 0 Å². The number of amidine groups is 1. The van der Waals surface area contributed by atoms with Gasteiger partial charge in [-0.15, -0.1) is 0 Å². The summed E-state index contributed by atoms with van der Waals surface area (Å²) in [5.74, 6) is 0.671. The van der Waals surface area contributed by atoms with Crippen LogP contribution in [0.25, 0.3) is 0 Å². The van der Waals surface area contributed by atoms with Gasteiger partial charge in [0, 0.05) is 5.92 Å². The molecule has 2 rings (SSSR count). The lowest BCUT2D eigenvalue weighted by Gasteiger charge is -2.21. The second-order valence-electron chi connectivity index (χ2n) is 5.37. The van der Waals surface area contributed by atoms with Gasteiger partial charge in [-0.1, -0.05) is 25.3 Å². The number of nitrogens with zero attached hydrogens (tertiary/aromatic N) is 1. The number of aryl methyl sites for hydroxylation is 1. The van der Waals surface area contributed by atoms with E-state index in [1.807, 2.05) is 0 Å². The first kappa shape index (κ1) is 14.9. The summed E-state index contributed by atoms with van der Waals surface area (Å²) < 4.78 is 38.1. The molecule has 0 unspecified atom stereocenters. The van der Waals surface area contributed by atoms with Gasteiger partial charge in [-0.2, -0.15) is 13.2 Å². The fraction of sp³-hybridized carbons (Fsp3) is 0.533. The van der Waals surface area contributed by atoms with Gasteiger partial charge in [0.25, 0.3) is 0 Å². The maximum absolute atomic E-state index is 12.7. The Morgan fingerprint density at radius 2 is 1.85 bits per heavy atom. The molecule has 2 nitrogen and oxygen atoms in total. The first-order chi connectivity index (χ1) is 9.38. The Bertz CT molecular complexity index is 500. The van der Waals surface area contributed by atoms with Crippen molar-refractivity contribution in [1.29, 1.82) is 0 Å². The summed E-state index contributed by atoms with van der Waals surface area (Å²) in [5.41, 5.74) is 6.32. The predicted molar refractivity (Wildman–Crippen MR) is 74.0 cm³/mol. The first-order valence-electron chi connectivity index (χ1n) is 6.90. The molecule has 0 aliphatic heterocycles. The highest BCUT2D eigenvalue weighted by molar-refractivity contribution is 5.85. The molecule has 110 valence electrons. The highest BCUT2D eigenvalue weighted by Gasteiger charge is 2.30. The number of alkyl halides is 3. The SMILES string of the molecule is Cc1ccc(C(F)(F)F)cc1N=C(N)C1CCCCC1. The lowest BCUT2D eigenvalue weighted by atomic mass is 9.88. The molecule has 0 amide bonds. The van der Waals surface area contributed by atoms with E-state index in [1.165, 1.54) is 12.5 Å². The summed E-state index contributed by atoms with van der Waals surface area (Å²) in [6.07, 6.45) is 1.04. The maximum Gasteiger partial charge on any atom is 0.416 e. The van der Waals surface area contributed by atoms with Crippen LogP contribution >= 0.6 is 0 Å². The average Bonchev–Trinajstić information content (AvgIpc) is 2.41. The Labute approximate surface area is 116 Å². The first-order valence-corrected chi connectivity index (χ1v) is 6.90. The third-order valence-electron chi connectivity index (χ3n) is 3.81. The fourth-order valence-corrected chi connectivity index (χ4v) is 2.53. The standard InChI is InChI=1S/C15H19F3N2/c1-10-7-8-12(15(16,17)18)9-13(10)20-14(19)11-5-3-2-4-6-11/h7-9,11H,2-6H2,1H3,(H2,19,20). The normalized spacial score (nSPS) is 18.3. The van der Waals surface area contributed by atoms with Crippen molar-refractivity contribution >= 4 is 11.5 Å². The minimum absolute atomic E-state index is 0.206. The number of rotatable bonds is 2. The number of aliphatic imine (C=N–C) groups is 1. The van der Waals surface area contributed by atoms with Crippen molar-refractivity contribution in [2.24, 2.45) is 16.6 Å². The summed E-state index contributed by atoms with van der Waals surface area (Å²) in [7, 11) is 0. The molecular weight excluding hydrogens is 265 g/mol. The lowest BCUT2D eigenvalue weighted by molar-refractivity contribution is -0.137. The Balaban J connectivity index is 2.27. The smallest absolute Gasteiger partial charge is 0.387 e. The zero-order chi connectivity index (χ0) is 14.8. The molecule has 1 aliphatic carbocycles. The molecule has 0 radical (unpaired) electrons. The van der Waals surface area contributed by atoms with E-state index in [-0.39, 0.29) is 5.92 Å². The van der Waals surface area contributed by atoms with Crippen LogP contribution in [0.3, 0.4) is 0 Å². The van der Waals surface area contributed by atoms with Gasteiger partial charge in [0.05, 0.1) is 11.3 Å². The summed E-state index contributed by atoms with van der Waals surface area (Å²) in [5, 5.41) is 0. The highest BCUT2D eigenvalue weighted by Crippen LogP contribution is 2.33. The quantitative estimate of drug-likeness (QED) is 0.626. The number of halogens is 3. The summed E-state index contributed by atoms with van der Waals surface area (Å²) in [4.78, 5) is 4.25. The molecule has 1 aromatic carbocycles. The van der Waals surface area contributed by atoms with E-state index < -0.39 is 11.7 Å². The van der Waals surface area contributed by atoms with Crippen LogP contribution < -0.4 is 5.73 Å². The molecule has 0 aromatic heterocycles. The van der Waals surface area contributed by atoms with Crippen LogP contribution in [0.15, 0.2) is 23.2 Å². The number of hydrogen-bond acceptors (Lipinski definition) is 1. The largest absolute Gasteiger partial charge is 0.416 e. The average molecular weight is 284 g/mol. The number of hydrogen-bond donors (Lipinski definition) is 1. The van der Waals surface area contributed by atoms with Crippen LogP contribution in [-0.2, 0) is 6.18 Å². The molecule has 5 heteroatoms. The Hall–Kier alpha value is -1.52. The van der Waals surface area contributed by atoms with Crippen LogP contribution in [0.1, 0.15) is 43.2 Å². The third-order valence-corrected chi connectivity index (χ3v) is 3.81. The van der Waals surface area contributed by atoms with Crippen molar-refractivity contribution < 1.29 is 13.2 Å². The molecule has 1 saturated carbocycles. The topological polar surface area (TPSA) is 38.4 Å². The van der Waals surface area contributed by atoms with Crippen molar-refractivity contribution in [2.45, 2.75) is 45.2 Å². The second-order valence-corrected chi connectivity index (χ2v) is 5.37. The number of nitrogens with two attached hydrogens (primary N) is 1. The van der Waals surface area contributed by atoms with E-state index in [1.54, 1.807) is 6.92 Å². The summed E-state index contributed by atoms with van der Waals surface area (Å²) in [6, 6.07) is 3.59. The van der Waals surface area contributed by atoms with Crippen molar-refractivity contribution in [1.82, 2.24) is 0 Å². The van der Waals surface area contributed by atoms with Crippen LogP contribution in [0.4, 0.5) is 18.9 Å². The third kappa shape index (κ3) is 3.52.